The average Bonchev–Trinajstić information content (AvgIpc) is 2.71. The second-order valence-corrected chi connectivity index (χ2v) is 3.83. The number of hydrogen-bond donors (Lipinski definition) is 0. The van der Waals surface area contributed by atoms with Crippen LogP contribution in [0.3, 0.4) is 0 Å². The quantitative estimate of drug-likeness (QED) is 0.667. The van der Waals surface area contributed by atoms with Gasteiger partial charge in [0.05, 0.1) is 0 Å². The molecule has 14 heavy (non-hydrogen) atoms. The summed E-state index contributed by atoms with van der Waals surface area (Å²) in [5.74, 6) is 0.939. The molecule has 2 heterocycles. The van der Waals surface area contributed by atoms with E-state index in [2.05, 4.69) is 14.3 Å². The van der Waals surface area contributed by atoms with Crippen molar-refractivity contribution >= 4 is 23.4 Å². The SMILES string of the molecule is CC(=O)N1CCN(c2ncsn2)CC1. The molecule has 0 saturated carbocycles. The maximum Gasteiger partial charge on any atom is 0.237 e. The summed E-state index contributed by atoms with van der Waals surface area (Å²) in [4.78, 5) is 19.2. The van der Waals surface area contributed by atoms with E-state index in [-0.39, 0.29) is 5.91 Å². The topological polar surface area (TPSA) is 49.3 Å². The Labute approximate surface area is 86.5 Å². The summed E-state index contributed by atoms with van der Waals surface area (Å²) >= 11 is 1.36. The van der Waals surface area contributed by atoms with E-state index in [1.165, 1.54) is 11.5 Å². The van der Waals surface area contributed by atoms with E-state index in [0.29, 0.717) is 0 Å². The summed E-state index contributed by atoms with van der Waals surface area (Å²) in [5, 5.41) is 0. The molecule has 0 bridgehead atoms. The molecule has 76 valence electrons. The lowest BCUT2D eigenvalue weighted by Crippen LogP contribution is -2.48. The van der Waals surface area contributed by atoms with Crippen LogP contribution in [-0.2, 0) is 4.79 Å². The molecule has 0 unspecified atom stereocenters. The molecule has 1 saturated heterocycles. The van der Waals surface area contributed by atoms with E-state index in [4.69, 9.17) is 0 Å². The van der Waals surface area contributed by atoms with Gasteiger partial charge in [-0.15, -0.1) is 0 Å². The predicted molar refractivity (Wildman–Crippen MR) is 54.4 cm³/mol. The molecule has 0 aromatic carbocycles. The van der Waals surface area contributed by atoms with Crippen LogP contribution in [0.15, 0.2) is 5.51 Å². The van der Waals surface area contributed by atoms with Gasteiger partial charge in [-0.3, -0.25) is 4.79 Å². The zero-order valence-electron chi connectivity index (χ0n) is 8.01. The Morgan fingerprint density at radius 3 is 2.64 bits per heavy atom. The van der Waals surface area contributed by atoms with E-state index in [9.17, 15) is 4.79 Å². The third-order valence-electron chi connectivity index (χ3n) is 2.36. The van der Waals surface area contributed by atoms with Crippen molar-refractivity contribution < 1.29 is 4.79 Å². The number of carbonyl (C=O) groups excluding carboxylic acids is 1. The number of aromatic nitrogens is 2. The highest BCUT2D eigenvalue weighted by molar-refractivity contribution is 7.03. The highest BCUT2D eigenvalue weighted by atomic mass is 32.1. The number of carbonyl (C=O) groups is 1. The summed E-state index contributed by atoms with van der Waals surface area (Å²) in [7, 11) is 0. The fourth-order valence-corrected chi connectivity index (χ4v) is 1.97. The van der Waals surface area contributed by atoms with Gasteiger partial charge < -0.3 is 9.80 Å². The number of amides is 1. The maximum absolute atomic E-state index is 11.1. The summed E-state index contributed by atoms with van der Waals surface area (Å²) in [5.41, 5.74) is 1.73. The first-order chi connectivity index (χ1) is 6.77. The molecule has 6 heteroatoms. The van der Waals surface area contributed by atoms with E-state index < -0.39 is 0 Å². The van der Waals surface area contributed by atoms with Crippen LogP contribution in [-0.4, -0.2) is 46.3 Å². The van der Waals surface area contributed by atoms with Gasteiger partial charge in [-0.25, -0.2) is 4.98 Å². The molecule has 0 atom stereocenters. The van der Waals surface area contributed by atoms with Crippen LogP contribution in [0.25, 0.3) is 0 Å². The molecule has 1 aromatic heterocycles. The molecule has 1 aliphatic rings. The monoisotopic (exact) mass is 212 g/mol. The van der Waals surface area contributed by atoms with E-state index in [0.717, 1.165) is 32.1 Å². The van der Waals surface area contributed by atoms with Gasteiger partial charge in [0.25, 0.3) is 0 Å². The minimum Gasteiger partial charge on any atom is -0.339 e. The second kappa shape index (κ2) is 3.91. The van der Waals surface area contributed by atoms with Crippen LogP contribution in [0.1, 0.15) is 6.92 Å². The van der Waals surface area contributed by atoms with Crippen molar-refractivity contribution in [2.45, 2.75) is 6.92 Å². The highest BCUT2D eigenvalue weighted by Crippen LogP contribution is 2.11. The molecule has 1 aromatic rings. The van der Waals surface area contributed by atoms with Gasteiger partial charge in [-0.2, -0.15) is 4.37 Å². The summed E-state index contributed by atoms with van der Waals surface area (Å²) in [6.07, 6.45) is 0. The van der Waals surface area contributed by atoms with Crippen molar-refractivity contribution in [1.82, 2.24) is 14.3 Å². The van der Waals surface area contributed by atoms with Gasteiger partial charge in [0.1, 0.15) is 5.51 Å². The minimum atomic E-state index is 0.149. The number of hydrogen-bond acceptors (Lipinski definition) is 5. The molecule has 1 fully saturated rings. The Bertz CT molecular complexity index is 305. The number of piperazine rings is 1. The van der Waals surface area contributed by atoms with Gasteiger partial charge in [0.2, 0.25) is 11.9 Å². The first-order valence-electron chi connectivity index (χ1n) is 4.54. The van der Waals surface area contributed by atoms with Crippen molar-refractivity contribution in [2.75, 3.05) is 31.1 Å². The lowest BCUT2D eigenvalue weighted by Gasteiger charge is -2.33. The Balaban J connectivity index is 1.93. The largest absolute Gasteiger partial charge is 0.339 e. The standard InChI is InChI=1S/C8H12N4OS/c1-7(13)11-2-4-12(5-3-11)8-9-6-14-10-8/h6H,2-5H2,1H3. The van der Waals surface area contributed by atoms with E-state index in [1.807, 2.05) is 4.90 Å². The molecule has 0 spiro atoms. The number of rotatable bonds is 1. The van der Waals surface area contributed by atoms with Crippen molar-refractivity contribution in [3.8, 4) is 0 Å². The molecule has 0 radical (unpaired) electrons. The molecule has 0 N–H and O–H groups in total. The van der Waals surface area contributed by atoms with Crippen LogP contribution >= 0.6 is 11.5 Å². The van der Waals surface area contributed by atoms with Crippen molar-refractivity contribution in [1.29, 1.82) is 0 Å². The number of nitrogens with zero attached hydrogens (tertiary/aromatic N) is 4. The van der Waals surface area contributed by atoms with Crippen LogP contribution in [0.5, 0.6) is 0 Å². The Kier molecular flexibility index (Phi) is 2.62. The van der Waals surface area contributed by atoms with Crippen LogP contribution in [0, 0.1) is 0 Å². The Hall–Kier alpha value is -1.17. The average molecular weight is 212 g/mol. The summed E-state index contributed by atoms with van der Waals surface area (Å²) in [6, 6.07) is 0. The fraction of sp³-hybridized carbons (Fsp3) is 0.625. The lowest BCUT2D eigenvalue weighted by molar-refractivity contribution is -0.129. The van der Waals surface area contributed by atoms with Crippen molar-refractivity contribution in [3.05, 3.63) is 5.51 Å². The van der Waals surface area contributed by atoms with Crippen LogP contribution < -0.4 is 4.90 Å². The van der Waals surface area contributed by atoms with Gasteiger partial charge in [0.15, 0.2) is 0 Å². The van der Waals surface area contributed by atoms with Gasteiger partial charge in [-0.05, 0) is 11.5 Å². The third-order valence-corrected chi connectivity index (χ3v) is 2.83. The smallest absolute Gasteiger partial charge is 0.237 e. The molecule has 2 rings (SSSR count). The third kappa shape index (κ3) is 1.84. The maximum atomic E-state index is 11.1. The number of anilines is 1. The van der Waals surface area contributed by atoms with Crippen molar-refractivity contribution in [2.24, 2.45) is 0 Å². The molecule has 0 aliphatic carbocycles. The van der Waals surface area contributed by atoms with Gasteiger partial charge >= 0.3 is 0 Å². The predicted octanol–water partition coefficient (Wildman–Crippen LogP) is 0.207. The zero-order chi connectivity index (χ0) is 9.97. The molecule has 1 aliphatic heterocycles. The first kappa shape index (κ1) is 9.39. The van der Waals surface area contributed by atoms with Gasteiger partial charge in [-0.1, -0.05) is 0 Å². The Morgan fingerprint density at radius 2 is 2.14 bits per heavy atom. The molecule has 1 amide bonds. The van der Waals surface area contributed by atoms with Crippen LogP contribution in [0.2, 0.25) is 0 Å². The van der Waals surface area contributed by atoms with E-state index in [1.54, 1.807) is 12.4 Å². The highest BCUT2D eigenvalue weighted by Gasteiger charge is 2.20. The minimum absolute atomic E-state index is 0.149. The molecular weight excluding hydrogens is 200 g/mol. The van der Waals surface area contributed by atoms with Gasteiger partial charge in [0, 0.05) is 33.1 Å². The fourth-order valence-electron chi connectivity index (χ4n) is 1.53. The lowest BCUT2D eigenvalue weighted by atomic mass is 10.3. The molecule has 5 nitrogen and oxygen atoms in total. The summed E-state index contributed by atoms with van der Waals surface area (Å²) < 4.78 is 4.16. The first-order valence-corrected chi connectivity index (χ1v) is 5.38. The summed E-state index contributed by atoms with van der Waals surface area (Å²) in [6.45, 7) is 4.81. The van der Waals surface area contributed by atoms with Crippen molar-refractivity contribution in [3.63, 3.8) is 0 Å². The normalized spacial score (nSPS) is 17.2. The Morgan fingerprint density at radius 1 is 1.43 bits per heavy atom. The zero-order valence-corrected chi connectivity index (χ0v) is 8.83. The molecular formula is C8H12N4OS. The second-order valence-electron chi connectivity index (χ2n) is 3.22. The van der Waals surface area contributed by atoms with Crippen LogP contribution in [0.4, 0.5) is 5.95 Å². The van der Waals surface area contributed by atoms with E-state index >= 15 is 0 Å².